The number of nitrogens with one attached hydrogen (secondary N) is 3. The summed E-state index contributed by atoms with van der Waals surface area (Å²) in [5, 5.41) is 12.4. The van der Waals surface area contributed by atoms with E-state index in [0.717, 1.165) is 31.6 Å². The lowest BCUT2D eigenvalue weighted by Crippen LogP contribution is -2.28. The summed E-state index contributed by atoms with van der Waals surface area (Å²) in [6.07, 6.45) is 1.88. The van der Waals surface area contributed by atoms with Gasteiger partial charge in [-0.1, -0.05) is 29.3 Å². The van der Waals surface area contributed by atoms with Crippen molar-refractivity contribution in [3.8, 4) is 0 Å². The summed E-state index contributed by atoms with van der Waals surface area (Å²) in [4.78, 5) is 28.3. The van der Waals surface area contributed by atoms with Crippen molar-refractivity contribution in [1.82, 2.24) is 19.9 Å². The monoisotopic (exact) mass is 455 g/mol. The van der Waals surface area contributed by atoms with Crippen LogP contribution in [0.5, 0.6) is 0 Å². The molecule has 0 aliphatic carbocycles. The van der Waals surface area contributed by atoms with Crippen molar-refractivity contribution in [3.63, 3.8) is 0 Å². The third-order valence-corrected chi connectivity index (χ3v) is 6.03. The zero-order valence-electron chi connectivity index (χ0n) is 16.4. The van der Waals surface area contributed by atoms with Crippen LogP contribution in [0.4, 0.5) is 5.69 Å². The van der Waals surface area contributed by atoms with E-state index in [-0.39, 0.29) is 17.4 Å². The summed E-state index contributed by atoms with van der Waals surface area (Å²) in [7, 11) is 0. The summed E-state index contributed by atoms with van der Waals surface area (Å²) in [5.41, 5.74) is 2.83. The van der Waals surface area contributed by atoms with E-state index in [9.17, 15) is 9.59 Å². The fraction of sp³-hybridized carbons (Fsp3) is 0.227. The van der Waals surface area contributed by atoms with E-state index in [1.54, 1.807) is 34.8 Å². The van der Waals surface area contributed by atoms with E-state index in [1.807, 2.05) is 12.1 Å². The normalized spacial score (nSPS) is 14.9. The highest BCUT2D eigenvalue weighted by molar-refractivity contribution is 6.35. The van der Waals surface area contributed by atoms with Crippen molar-refractivity contribution in [2.24, 2.45) is 0 Å². The predicted molar refractivity (Wildman–Crippen MR) is 123 cm³/mol. The van der Waals surface area contributed by atoms with Gasteiger partial charge in [0.05, 0.1) is 22.3 Å². The van der Waals surface area contributed by atoms with Crippen molar-refractivity contribution in [3.05, 3.63) is 74.1 Å². The van der Waals surface area contributed by atoms with Crippen molar-refractivity contribution >= 4 is 51.3 Å². The largest absolute Gasteiger partial charge is 0.321 e. The van der Waals surface area contributed by atoms with Gasteiger partial charge in [0.15, 0.2) is 0 Å². The Morgan fingerprint density at radius 3 is 2.58 bits per heavy atom. The molecule has 0 spiro atoms. The second-order valence-corrected chi connectivity index (χ2v) is 8.53. The minimum Gasteiger partial charge on any atom is -0.321 e. The van der Waals surface area contributed by atoms with Crippen LogP contribution in [0, 0.1) is 0 Å². The maximum atomic E-state index is 12.9. The van der Waals surface area contributed by atoms with Crippen LogP contribution in [-0.2, 0) is 0 Å². The summed E-state index contributed by atoms with van der Waals surface area (Å²) >= 11 is 12.1. The van der Waals surface area contributed by atoms with Gasteiger partial charge in [0.2, 0.25) is 0 Å². The SMILES string of the molecule is O=C(Nc1cccc2nn3c(C4CCNCC4)cc(=O)[nH]c3c12)c1cc(Cl)cc(Cl)c1. The molecule has 5 rings (SSSR count). The number of anilines is 1. The Labute approximate surface area is 187 Å². The molecule has 3 N–H and O–H groups in total. The van der Waals surface area contributed by atoms with Gasteiger partial charge in [0.25, 0.3) is 11.5 Å². The first-order valence-corrected chi connectivity index (χ1v) is 10.8. The Kier molecular flexibility index (Phi) is 5.17. The predicted octanol–water partition coefficient (Wildman–Crippen LogP) is 4.20. The average molecular weight is 456 g/mol. The van der Waals surface area contributed by atoms with Crippen LogP contribution in [0.2, 0.25) is 10.0 Å². The minimum atomic E-state index is -0.354. The first kappa shape index (κ1) is 20.1. The lowest BCUT2D eigenvalue weighted by atomic mass is 9.94. The molecule has 0 unspecified atom stereocenters. The topological polar surface area (TPSA) is 91.3 Å². The van der Waals surface area contributed by atoms with E-state index in [4.69, 9.17) is 28.3 Å². The number of carbonyl (C=O) groups excluding carboxylic acids is 1. The van der Waals surface area contributed by atoms with Crippen molar-refractivity contribution in [1.29, 1.82) is 0 Å². The number of piperidine rings is 1. The number of halogens is 2. The zero-order valence-corrected chi connectivity index (χ0v) is 17.9. The number of carbonyl (C=O) groups is 1. The number of hydrogen-bond donors (Lipinski definition) is 3. The van der Waals surface area contributed by atoms with Crippen LogP contribution >= 0.6 is 23.2 Å². The molecule has 1 saturated heterocycles. The Hall–Kier alpha value is -2.87. The molecular formula is C22H19Cl2N5O2. The van der Waals surface area contributed by atoms with E-state index < -0.39 is 0 Å². The first-order valence-electron chi connectivity index (χ1n) is 10.0. The number of aromatic amines is 1. The summed E-state index contributed by atoms with van der Waals surface area (Å²) in [6, 6.07) is 11.8. The fourth-order valence-corrected chi connectivity index (χ4v) is 4.70. The number of rotatable bonds is 3. The molecule has 0 radical (unpaired) electrons. The number of benzene rings is 2. The molecule has 0 atom stereocenters. The molecule has 0 bridgehead atoms. The van der Waals surface area contributed by atoms with Crippen LogP contribution < -0.4 is 16.2 Å². The van der Waals surface area contributed by atoms with E-state index in [1.165, 1.54) is 0 Å². The van der Waals surface area contributed by atoms with Gasteiger partial charge in [0.1, 0.15) is 5.65 Å². The summed E-state index contributed by atoms with van der Waals surface area (Å²) < 4.78 is 1.80. The van der Waals surface area contributed by atoms with Gasteiger partial charge in [-0.15, -0.1) is 0 Å². The fourth-order valence-electron chi connectivity index (χ4n) is 4.18. The highest BCUT2D eigenvalue weighted by Crippen LogP contribution is 2.31. The quantitative estimate of drug-likeness (QED) is 0.431. The minimum absolute atomic E-state index is 0.189. The maximum absolute atomic E-state index is 12.9. The summed E-state index contributed by atoms with van der Waals surface area (Å²) in [6.45, 7) is 1.81. The number of amides is 1. The van der Waals surface area contributed by atoms with Crippen LogP contribution in [0.3, 0.4) is 0 Å². The molecule has 0 saturated carbocycles. The van der Waals surface area contributed by atoms with Gasteiger partial charge in [-0.05, 0) is 56.3 Å². The number of nitrogens with zero attached hydrogens (tertiary/aromatic N) is 2. The van der Waals surface area contributed by atoms with Gasteiger partial charge < -0.3 is 15.6 Å². The lowest BCUT2D eigenvalue weighted by molar-refractivity contribution is 0.102. The van der Waals surface area contributed by atoms with Gasteiger partial charge in [-0.25, -0.2) is 4.52 Å². The highest BCUT2D eigenvalue weighted by Gasteiger charge is 2.22. The standard InChI is InChI=1S/C22H19Cl2N5O2/c23-14-8-13(9-15(24)10-14)22(31)26-16-2-1-3-17-20(16)21-27-19(30)11-18(29(21)28-17)12-4-6-25-7-5-12/h1-3,8-12,25H,4-7H2,(H,26,31)(H,27,30). The number of hydrogen-bond acceptors (Lipinski definition) is 4. The molecule has 31 heavy (non-hydrogen) atoms. The number of H-pyrrole nitrogens is 1. The smallest absolute Gasteiger partial charge is 0.255 e. The Balaban J connectivity index is 1.63. The molecule has 2 aromatic carbocycles. The molecule has 1 aliphatic heterocycles. The molecule has 3 heterocycles. The third-order valence-electron chi connectivity index (χ3n) is 5.59. The summed E-state index contributed by atoms with van der Waals surface area (Å²) in [5.74, 6) is -0.111. The zero-order chi connectivity index (χ0) is 21.5. The van der Waals surface area contributed by atoms with E-state index in [0.29, 0.717) is 37.8 Å². The lowest BCUT2D eigenvalue weighted by Gasteiger charge is -2.23. The van der Waals surface area contributed by atoms with Gasteiger partial charge >= 0.3 is 0 Å². The molecule has 1 fully saturated rings. The molecule has 4 aromatic rings. The van der Waals surface area contributed by atoms with Gasteiger partial charge in [0, 0.05) is 27.6 Å². The molecule has 7 nitrogen and oxygen atoms in total. The molecule has 2 aromatic heterocycles. The average Bonchev–Trinajstić information content (AvgIpc) is 3.12. The molecular weight excluding hydrogens is 437 g/mol. The van der Waals surface area contributed by atoms with Gasteiger partial charge in [-0.2, -0.15) is 5.10 Å². The third kappa shape index (κ3) is 3.80. The van der Waals surface area contributed by atoms with Crippen LogP contribution in [0.25, 0.3) is 16.6 Å². The second-order valence-electron chi connectivity index (χ2n) is 7.66. The maximum Gasteiger partial charge on any atom is 0.255 e. The van der Waals surface area contributed by atoms with Crippen molar-refractivity contribution in [2.75, 3.05) is 18.4 Å². The Morgan fingerprint density at radius 1 is 1.10 bits per heavy atom. The van der Waals surface area contributed by atoms with E-state index >= 15 is 0 Å². The van der Waals surface area contributed by atoms with Crippen LogP contribution in [-0.4, -0.2) is 33.6 Å². The molecule has 158 valence electrons. The highest BCUT2D eigenvalue weighted by atomic mass is 35.5. The number of fused-ring (bicyclic) bond motifs is 3. The van der Waals surface area contributed by atoms with Crippen LogP contribution in [0.1, 0.15) is 34.8 Å². The van der Waals surface area contributed by atoms with Gasteiger partial charge in [-0.3, -0.25) is 9.59 Å². The number of aromatic nitrogens is 3. The van der Waals surface area contributed by atoms with Crippen molar-refractivity contribution < 1.29 is 4.79 Å². The molecule has 1 aliphatic rings. The Morgan fingerprint density at radius 2 is 1.84 bits per heavy atom. The Bertz CT molecular complexity index is 1350. The van der Waals surface area contributed by atoms with Crippen LogP contribution in [0.15, 0.2) is 47.3 Å². The first-order chi connectivity index (χ1) is 15.0. The second kappa shape index (κ2) is 8.00. The molecule has 1 amide bonds. The van der Waals surface area contributed by atoms with E-state index in [2.05, 4.69) is 15.6 Å². The van der Waals surface area contributed by atoms with Crippen molar-refractivity contribution in [2.45, 2.75) is 18.8 Å². The molecule has 9 heteroatoms.